The summed E-state index contributed by atoms with van der Waals surface area (Å²) < 4.78 is 0. The van der Waals surface area contributed by atoms with E-state index >= 15 is 0 Å². The molecule has 18 heavy (non-hydrogen) atoms. The summed E-state index contributed by atoms with van der Waals surface area (Å²) >= 11 is 0. The van der Waals surface area contributed by atoms with Crippen LogP contribution in [0.5, 0.6) is 0 Å². The van der Waals surface area contributed by atoms with Gasteiger partial charge < -0.3 is 11.1 Å². The van der Waals surface area contributed by atoms with Gasteiger partial charge in [0.15, 0.2) is 0 Å². The number of nitrogens with two attached hydrogens (primary N) is 1. The molecule has 4 heteroatoms. The number of halogens is 1. The summed E-state index contributed by atoms with van der Waals surface area (Å²) in [5.41, 5.74) is 5.43. The highest BCUT2D eigenvalue weighted by molar-refractivity contribution is 5.85. The highest BCUT2D eigenvalue weighted by Gasteiger charge is 2.32. The normalized spacial score (nSPS) is 16.4. The van der Waals surface area contributed by atoms with E-state index in [1.54, 1.807) is 0 Å². The van der Waals surface area contributed by atoms with Gasteiger partial charge in [0.1, 0.15) is 0 Å². The molecule has 1 amide bonds. The molecule has 3 nitrogen and oxygen atoms in total. The number of nitrogens with one attached hydrogen (secondary N) is 1. The fourth-order valence-corrected chi connectivity index (χ4v) is 2.83. The Labute approximate surface area is 118 Å². The van der Waals surface area contributed by atoms with E-state index in [0.717, 1.165) is 31.7 Å². The van der Waals surface area contributed by atoms with Gasteiger partial charge in [-0.2, -0.15) is 0 Å². The molecular formula is C14H29ClN2O. The van der Waals surface area contributed by atoms with Crippen LogP contribution >= 0.6 is 12.4 Å². The van der Waals surface area contributed by atoms with Gasteiger partial charge in [0.25, 0.3) is 0 Å². The molecule has 0 unspecified atom stereocenters. The third-order valence-corrected chi connectivity index (χ3v) is 4.54. The average molecular weight is 277 g/mol. The molecule has 0 saturated heterocycles. The van der Waals surface area contributed by atoms with Crippen LogP contribution in [0.15, 0.2) is 0 Å². The highest BCUT2D eigenvalue weighted by atomic mass is 35.5. The molecule has 0 heterocycles. The lowest BCUT2D eigenvalue weighted by Crippen LogP contribution is -2.45. The standard InChI is InChI=1S/C14H28N2O.ClH/c1-3-14(4-2,11-15)13(17)16-10-9-12-7-5-6-8-12;/h12H,3-11,15H2,1-2H3,(H,16,17);1H. The Balaban J connectivity index is 0.00000289. The zero-order valence-corrected chi connectivity index (χ0v) is 12.7. The van der Waals surface area contributed by atoms with Crippen LogP contribution in [0, 0.1) is 11.3 Å². The summed E-state index contributed by atoms with van der Waals surface area (Å²) in [7, 11) is 0. The second-order valence-corrected chi connectivity index (χ2v) is 5.39. The number of hydrogen-bond donors (Lipinski definition) is 2. The zero-order chi connectivity index (χ0) is 12.7. The van der Waals surface area contributed by atoms with E-state index in [-0.39, 0.29) is 23.7 Å². The lowest BCUT2D eigenvalue weighted by molar-refractivity contribution is -0.131. The Morgan fingerprint density at radius 3 is 2.28 bits per heavy atom. The number of rotatable bonds is 7. The molecule has 3 N–H and O–H groups in total. The quantitative estimate of drug-likeness (QED) is 0.751. The first-order valence-electron chi connectivity index (χ1n) is 7.17. The number of hydrogen-bond acceptors (Lipinski definition) is 2. The second-order valence-electron chi connectivity index (χ2n) is 5.39. The Morgan fingerprint density at radius 1 is 1.28 bits per heavy atom. The van der Waals surface area contributed by atoms with Crippen molar-refractivity contribution in [3.63, 3.8) is 0 Å². The minimum absolute atomic E-state index is 0. The summed E-state index contributed by atoms with van der Waals surface area (Å²) in [6.45, 7) is 5.38. The van der Waals surface area contributed by atoms with Crippen molar-refractivity contribution in [1.29, 1.82) is 0 Å². The molecule has 0 atom stereocenters. The molecule has 0 aromatic carbocycles. The maximum absolute atomic E-state index is 12.1. The first-order valence-corrected chi connectivity index (χ1v) is 7.17. The molecule has 1 fully saturated rings. The monoisotopic (exact) mass is 276 g/mol. The fraction of sp³-hybridized carbons (Fsp3) is 0.929. The third-order valence-electron chi connectivity index (χ3n) is 4.54. The molecule has 0 bridgehead atoms. The van der Waals surface area contributed by atoms with Crippen molar-refractivity contribution in [2.24, 2.45) is 17.1 Å². The molecule has 0 aromatic heterocycles. The van der Waals surface area contributed by atoms with Gasteiger partial charge >= 0.3 is 0 Å². The fourth-order valence-electron chi connectivity index (χ4n) is 2.83. The summed E-state index contributed by atoms with van der Waals surface area (Å²) in [6, 6.07) is 0. The minimum atomic E-state index is -0.338. The summed E-state index contributed by atoms with van der Waals surface area (Å²) in [5, 5.41) is 3.08. The van der Waals surface area contributed by atoms with E-state index in [4.69, 9.17) is 5.73 Å². The maximum Gasteiger partial charge on any atom is 0.227 e. The Hall–Kier alpha value is -0.280. The number of amides is 1. The lowest BCUT2D eigenvalue weighted by Gasteiger charge is -2.28. The number of carbonyl (C=O) groups is 1. The predicted octanol–water partition coefficient (Wildman–Crippen LogP) is 2.87. The van der Waals surface area contributed by atoms with Crippen LogP contribution < -0.4 is 11.1 Å². The van der Waals surface area contributed by atoms with E-state index in [1.165, 1.54) is 25.7 Å². The summed E-state index contributed by atoms with van der Waals surface area (Å²) in [4.78, 5) is 12.1. The Morgan fingerprint density at radius 2 is 1.83 bits per heavy atom. The van der Waals surface area contributed by atoms with Crippen molar-refractivity contribution >= 4 is 18.3 Å². The lowest BCUT2D eigenvalue weighted by atomic mass is 9.81. The van der Waals surface area contributed by atoms with E-state index in [2.05, 4.69) is 5.32 Å². The van der Waals surface area contributed by atoms with Crippen LogP contribution in [-0.4, -0.2) is 19.0 Å². The molecule has 1 aliphatic rings. The van der Waals surface area contributed by atoms with Crippen LogP contribution in [-0.2, 0) is 4.79 Å². The van der Waals surface area contributed by atoms with Crippen LogP contribution in [0.3, 0.4) is 0 Å². The van der Waals surface area contributed by atoms with Gasteiger partial charge in [-0.3, -0.25) is 4.79 Å². The number of carbonyl (C=O) groups excluding carboxylic acids is 1. The Kier molecular flexibility index (Phi) is 8.62. The molecule has 0 radical (unpaired) electrons. The van der Waals surface area contributed by atoms with Gasteiger partial charge in [-0.25, -0.2) is 0 Å². The minimum Gasteiger partial charge on any atom is -0.356 e. The van der Waals surface area contributed by atoms with E-state index in [0.29, 0.717) is 6.54 Å². The van der Waals surface area contributed by atoms with Crippen LogP contribution in [0.1, 0.15) is 58.8 Å². The molecule has 1 aliphatic carbocycles. The molecule has 0 aliphatic heterocycles. The summed E-state index contributed by atoms with van der Waals surface area (Å²) in [5.74, 6) is 0.994. The molecule has 108 valence electrons. The van der Waals surface area contributed by atoms with Gasteiger partial charge in [0.2, 0.25) is 5.91 Å². The van der Waals surface area contributed by atoms with E-state index in [9.17, 15) is 4.79 Å². The van der Waals surface area contributed by atoms with Gasteiger partial charge in [-0.15, -0.1) is 12.4 Å². The smallest absolute Gasteiger partial charge is 0.227 e. The predicted molar refractivity (Wildman–Crippen MR) is 78.9 cm³/mol. The molecule has 1 saturated carbocycles. The van der Waals surface area contributed by atoms with Crippen molar-refractivity contribution in [3.8, 4) is 0 Å². The van der Waals surface area contributed by atoms with Crippen molar-refractivity contribution in [3.05, 3.63) is 0 Å². The summed E-state index contributed by atoms with van der Waals surface area (Å²) in [6.07, 6.45) is 8.23. The van der Waals surface area contributed by atoms with Crippen molar-refractivity contribution < 1.29 is 4.79 Å². The van der Waals surface area contributed by atoms with Crippen LogP contribution in [0.4, 0.5) is 0 Å². The van der Waals surface area contributed by atoms with E-state index < -0.39 is 0 Å². The first kappa shape index (κ1) is 17.7. The van der Waals surface area contributed by atoms with Gasteiger partial charge in [-0.1, -0.05) is 39.5 Å². The highest BCUT2D eigenvalue weighted by Crippen LogP contribution is 2.28. The van der Waals surface area contributed by atoms with E-state index in [1.807, 2.05) is 13.8 Å². The van der Waals surface area contributed by atoms with Crippen LogP contribution in [0.2, 0.25) is 0 Å². The van der Waals surface area contributed by atoms with Crippen molar-refractivity contribution in [2.75, 3.05) is 13.1 Å². The third kappa shape index (κ3) is 4.43. The molecular weight excluding hydrogens is 248 g/mol. The largest absolute Gasteiger partial charge is 0.356 e. The molecule has 1 rings (SSSR count). The van der Waals surface area contributed by atoms with Crippen molar-refractivity contribution in [2.45, 2.75) is 58.8 Å². The molecule has 0 aromatic rings. The SMILES string of the molecule is CCC(CC)(CN)C(=O)NCCC1CCCC1.Cl. The van der Waals surface area contributed by atoms with Gasteiger partial charge in [-0.05, 0) is 25.2 Å². The Bertz CT molecular complexity index is 228. The second kappa shape index (κ2) is 8.76. The zero-order valence-electron chi connectivity index (χ0n) is 11.8. The molecule has 0 spiro atoms. The van der Waals surface area contributed by atoms with Crippen molar-refractivity contribution in [1.82, 2.24) is 5.32 Å². The topological polar surface area (TPSA) is 55.1 Å². The van der Waals surface area contributed by atoms with Gasteiger partial charge in [0, 0.05) is 13.1 Å². The van der Waals surface area contributed by atoms with Gasteiger partial charge in [0.05, 0.1) is 5.41 Å². The van der Waals surface area contributed by atoms with Crippen LogP contribution in [0.25, 0.3) is 0 Å². The average Bonchev–Trinajstić information content (AvgIpc) is 2.85. The first-order chi connectivity index (χ1) is 8.18. The maximum atomic E-state index is 12.1.